The molecule has 98 valence electrons. The number of nitrogens with zero attached hydrogens (tertiary/aromatic N) is 2. The van der Waals surface area contributed by atoms with Crippen molar-refractivity contribution in [3.8, 4) is 0 Å². The quantitative estimate of drug-likeness (QED) is 0.815. The number of rotatable bonds is 1. The molecule has 2 aliphatic rings. The Hall–Kier alpha value is -1.22. The second-order valence-electron chi connectivity index (χ2n) is 5.47. The normalized spacial score (nSPS) is 22.7. The van der Waals surface area contributed by atoms with Crippen LogP contribution < -0.4 is 15.1 Å². The van der Waals surface area contributed by atoms with Crippen molar-refractivity contribution >= 4 is 11.4 Å². The highest BCUT2D eigenvalue weighted by atomic mass is 15.3. The van der Waals surface area contributed by atoms with Gasteiger partial charge in [0.15, 0.2) is 0 Å². The van der Waals surface area contributed by atoms with Gasteiger partial charge in [-0.05, 0) is 38.0 Å². The Balaban J connectivity index is 2.10. The summed E-state index contributed by atoms with van der Waals surface area (Å²) in [5, 5.41) is 3.52. The van der Waals surface area contributed by atoms with E-state index in [1.165, 1.54) is 22.5 Å². The van der Waals surface area contributed by atoms with Gasteiger partial charge in [0, 0.05) is 32.7 Å². The van der Waals surface area contributed by atoms with E-state index >= 15 is 0 Å². The lowest BCUT2D eigenvalue weighted by atomic mass is 9.99. The highest BCUT2D eigenvalue weighted by molar-refractivity contribution is 5.78. The third-order valence-corrected chi connectivity index (χ3v) is 4.47. The molecule has 0 amide bonds. The van der Waals surface area contributed by atoms with E-state index in [0.29, 0.717) is 6.04 Å². The highest BCUT2D eigenvalue weighted by Crippen LogP contribution is 2.39. The van der Waals surface area contributed by atoms with Crippen molar-refractivity contribution in [3.63, 3.8) is 0 Å². The Morgan fingerprint density at radius 1 is 1.33 bits per heavy atom. The third kappa shape index (κ3) is 1.69. The summed E-state index contributed by atoms with van der Waals surface area (Å²) in [7, 11) is 0. The average Bonchev–Trinajstić information content (AvgIpc) is 2.41. The van der Waals surface area contributed by atoms with Gasteiger partial charge in [0.05, 0.1) is 17.4 Å². The Bertz CT molecular complexity index is 455. The van der Waals surface area contributed by atoms with Gasteiger partial charge in [-0.3, -0.25) is 0 Å². The molecule has 3 rings (SSSR count). The largest absolute Gasteiger partial charge is 0.368 e. The number of hydrogen-bond donors (Lipinski definition) is 1. The molecule has 1 N–H and O–H groups in total. The second-order valence-corrected chi connectivity index (χ2v) is 5.47. The second kappa shape index (κ2) is 4.47. The van der Waals surface area contributed by atoms with Gasteiger partial charge >= 0.3 is 0 Å². The fraction of sp³-hybridized carbons (Fsp3) is 0.600. The summed E-state index contributed by atoms with van der Waals surface area (Å²) in [5.41, 5.74) is 5.76. The lowest BCUT2D eigenvalue weighted by Gasteiger charge is -2.47. The lowest BCUT2D eigenvalue weighted by molar-refractivity contribution is 0.460. The highest BCUT2D eigenvalue weighted by Gasteiger charge is 2.32. The van der Waals surface area contributed by atoms with Gasteiger partial charge in [-0.1, -0.05) is 6.07 Å². The lowest BCUT2D eigenvalue weighted by Crippen LogP contribution is -2.59. The predicted molar refractivity (Wildman–Crippen MR) is 77.8 cm³/mol. The van der Waals surface area contributed by atoms with Crippen LogP contribution in [0.4, 0.5) is 11.4 Å². The fourth-order valence-corrected chi connectivity index (χ4v) is 3.29. The molecule has 0 spiro atoms. The molecule has 1 fully saturated rings. The minimum Gasteiger partial charge on any atom is -0.368 e. The molecular formula is C15H23N3. The molecule has 1 atom stereocenters. The molecule has 1 unspecified atom stereocenters. The van der Waals surface area contributed by atoms with Crippen LogP contribution >= 0.6 is 0 Å². The minimum absolute atomic E-state index is 0.633. The number of nitrogens with one attached hydrogen (secondary N) is 1. The van der Waals surface area contributed by atoms with E-state index in [1.807, 2.05) is 0 Å². The minimum atomic E-state index is 0.633. The van der Waals surface area contributed by atoms with Crippen molar-refractivity contribution in [3.05, 3.63) is 23.3 Å². The summed E-state index contributed by atoms with van der Waals surface area (Å²) in [6.45, 7) is 12.3. The number of fused-ring (bicyclic) bond motifs is 3. The van der Waals surface area contributed by atoms with Crippen molar-refractivity contribution in [1.82, 2.24) is 5.32 Å². The molecule has 3 nitrogen and oxygen atoms in total. The first-order chi connectivity index (χ1) is 8.72. The van der Waals surface area contributed by atoms with Crippen LogP contribution in [0.2, 0.25) is 0 Å². The van der Waals surface area contributed by atoms with Gasteiger partial charge in [-0.15, -0.1) is 0 Å². The molecule has 18 heavy (non-hydrogen) atoms. The summed E-state index contributed by atoms with van der Waals surface area (Å²) >= 11 is 0. The maximum Gasteiger partial charge on any atom is 0.0637 e. The Kier molecular flexibility index (Phi) is 2.94. The molecule has 2 heterocycles. The van der Waals surface area contributed by atoms with E-state index in [0.717, 1.165) is 32.7 Å². The van der Waals surface area contributed by atoms with E-state index in [-0.39, 0.29) is 0 Å². The Labute approximate surface area is 110 Å². The molecule has 0 saturated carbocycles. The average molecular weight is 245 g/mol. The molecule has 1 aromatic rings. The van der Waals surface area contributed by atoms with Gasteiger partial charge in [0.2, 0.25) is 0 Å². The first kappa shape index (κ1) is 11.8. The molecule has 0 aliphatic carbocycles. The van der Waals surface area contributed by atoms with E-state index in [1.54, 1.807) is 0 Å². The summed E-state index contributed by atoms with van der Waals surface area (Å²) in [6, 6.07) is 5.22. The van der Waals surface area contributed by atoms with Crippen molar-refractivity contribution in [2.45, 2.75) is 26.8 Å². The fourth-order valence-electron chi connectivity index (χ4n) is 3.29. The summed E-state index contributed by atoms with van der Waals surface area (Å²) in [4.78, 5) is 5.15. The monoisotopic (exact) mass is 245 g/mol. The van der Waals surface area contributed by atoms with Gasteiger partial charge in [0.25, 0.3) is 0 Å². The van der Waals surface area contributed by atoms with E-state index < -0.39 is 0 Å². The molecule has 1 saturated heterocycles. The van der Waals surface area contributed by atoms with Crippen molar-refractivity contribution in [2.24, 2.45) is 0 Å². The van der Waals surface area contributed by atoms with Gasteiger partial charge in [-0.25, -0.2) is 0 Å². The number of benzene rings is 1. The topological polar surface area (TPSA) is 18.5 Å². The zero-order valence-corrected chi connectivity index (χ0v) is 11.7. The van der Waals surface area contributed by atoms with Gasteiger partial charge in [-0.2, -0.15) is 0 Å². The number of likely N-dealkylation sites (N-methyl/N-ethyl adjacent to an activating group) is 1. The SMILES string of the molecule is CCN1CC2CNCCN2c2ccc(C)c(C)c21. The Morgan fingerprint density at radius 3 is 2.94 bits per heavy atom. The maximum atomic E-state index is 3.52. The zero-order valence-electron chi connectivity index (χ0n) is 11.7. The number of anilines is 2. The summed E-state index contributed by atoms with van der Waals surface area (Å²) in [6.07, 6.45) is 0. The number of aryl methyl sites for hydroxylation is 1. The number of piperazine rings is 1. The molecule has 2 aliphatic heterocycles. The van der Waals surface area contributed by atoms with Gasteiger partial charge < -0.3 is 15.1 Å². The molecular weight excluding hydrogens is 222 g/mol. The molecule has 0 radical (unpaired) electrons. The zero-order chi connectivity index (χ0) is 12.7. The van der Waals surface area contributed by atoms with Crippen LogP contribution in [-0.2, 0) is 0 Å². The van der Waals surface area contributed by atoms with Crippen LogP contribution in [0.15, 0.2) is 12.1 Å². The van der Waals surface area contributed by atoms with Crippen molar-refractivity contribution in [1.29, 1.82) is 0 Å². The molecule has 0 aromatic heterocycles. The van der Waals surface area contributed by atoms with Crippen LogP contribution in [0.5, 0.6) is 0 Å². The van der Waals surface area contributed by atoms with Gasteiger partial charge in [0.1, 0.15) is 0 Å². The standard InChI is InChI=1S/C15H23N3/c1-4-17-10-13-9-16-7-8-18(13)14-6-5-11(2)12(3)15(14)17/h5-6,13,16H,4,7-10H2,1-3H3. The first-order valence-electron chi connectivity index (χ1n) is 7.05. The van der Waals surface area contributed by atoms with E-state index in [2.05, 4.69) is 48.0 Å². The van der Waals surface area contributed by atoms with Crippen LogP contribution in [0.25, 0.3) is 0 Å². The number of hydrogen-bond acceptors (Lipinski definition) is 3. The smallest absolute Gasteiger partial charge is 0.0637 e. The summed E-state index contributed by atoms with van der Waals surface area (Å²) in [5.74, 6) is 0. The molecule has 0 bridgehead atoms. The van der Waals surface area contributed by atoms with E-state index in [4.69, 9.17) is 0 Å². The van der Waals surface area contributed by atoms with Crippen molar-refractivity contribution < 1.29 is 0 Å². The van der Waals surface area contributed by atoms with Crippen molar-refractivity contribution in [2.75, 3.05) is 42.5 Å². The Morgan fingerprint density at radius 2 is 2.17 bits per heavy atom. The van der Waals surface area contributed by atoms with Crippen LogP contribution in [0, 0.1) is 13.8 Å². The van der Waals surface area contributed by atoms with Crippen LogP contribution in [-0.4, -0.2) is 38.8 Å². The van der Waals surface area contributed by atoms with E-state index in [9.17, 15) is 0 Å². The van der Waals surface area contributed by atoms with Crippen LogP contribution in [0.3, 0.4) is 0 Å². The first-order valence-corrected chi connectivity index (χ1v) is 7.05. The predicted octanol–water partition coefficient (Wildman–Crippen LogP) is 1.92. The summed E-state index contributed by atoms with van der Waals surface area (Å²) < 4.78 is 0. The maximum absolute atomic E-state index is 3.52. The third-order valence-electron chi connectivity index (χ3n) is 4.47. The molecule has 1 aromatic carbocycles. The molecule has 3 heteroatoms. The van der Waals surface area contributed by atoms with Crippen LogP contribution in [0.1, 0.15) is 18.1 Å².